The first-order chi connectivity index (χ1) is 10.7. The minimum atomic E-state index is 0.346. The summed E-state index contributed by atoms with van der Waals surface area (Å²) in [5, 5.41) is 0. The summed E-state index contributed by atoms with van der Waals surface area (Å²) in [6.07, 6.45) is 6.37. The van der Waals surface area contributed by atoms with Crippen molar-refractivity contribution in [3.05, 3.63) is 16.9 Å². The number of rotatable bonds is 3. The second-order valence-corrected chi connectivity index (χ2v) is 7.97. The van der Waals surface area contributed by atoms with E-state index in [9.17, 15) is 4.79 Å². The topological polar surface area (TPSA) is 49.3 Å². The van der Waals surface area contributed by atoms with Gasteiger partial charge in [-0.3, -0.25) is 4.79 Å². The molecule has 0 N–H and O–H groups in total. The summed E-state index contributed by atoms with van der Waals surface area (Å²) in [6, 6.07) is 0. The number of halogens is 1. The molecule has 0 atom stereocenters. The maximum atomic E-state index is 12.3. The van der Waals surface area contributed by atoms with Crippen LogP contribution in [0.2, 0.25) is 0 Å². The van der Waals surface area contributed by atoms with Crippen LogP contribution in [0, 0.1) is 5.92 Å². The lowest BCUT2D eigenvalue weighted by Crippen LogP contribution is -2.41. The van der Waals surface area contributed by atoms with Crippen LogP contribution in [0.15, 0.2) is 16.9 Å². The Hall–Kier alpha value is -0.820. The molecule has 0 saturated carbocycles. The minimum Gasteiger partial charge on any atom is -0.341 e. The molecule has 0 spiro atoms. The fourth-order valence-corrected chi connectivity index (χ4v) is 4.10. The van der Waals surface area contributed by atoms with Gasteiger partial charge in [-0.1, -0.05) is 0 Å². The molecular weight excluding hydrogens is 364 g/mol. The highest BCUT2D eigenvalue weighted by atomic mass is 79.9. The number of aromatic nitrogens is 2. The summed E-state index contributed by atoms with van der Waals surface area (Å²) in [5.74, 6) is 3.82. The Kier molecular flexibility index (Phi) is 5.57. The van der Waals surface area contributed by atoms with E-state index in [0.29, 0.717) is 18.2 Å². The molecule has 1 amide bonds. The van der Waals surface area contributed by atoms with E-state index in [0.717, 1.165) is 60.9 Å². The van der Waals surface area contributed by atoms with E-state index in [2.05, 4.69) is 30.8 Å². The van der Waals surface area contributed by atoms with Crippen molar-refractivity contribution < 1.29 is 4.79 Å². The van der Waals surface area contributed by atoms with E-state index < -0.39 is 0 Å². The zero-order valence-electron chi connectivity index (χ0n) is 12.6. The lowest BCUT2D eigenvalue weighted by molar-refractivity contribution is -0.132. The molecular formula is C15H21BrN4OS. The lowest BCUT2D eigenvalue weighted by Gasteiger charge is -2.33. The van der Waals surface area contributed by atoms with Crippen molar-refractivity contribution in [2.75, 3.05) is 42.6 Å². The smallest absolute Gasteiger partial charge is 0.225 e. The molecule has 120 valence electrons. The number of carbonyl (C=O) groups excluding carboxylic acids is 1. The molecule has 2 fully saturated rings. The van der Waals surface area contributed by atoms with Gasteiger partial charge in [0.05, 0.1) is 4.47 Å². The van der Waals surface area contributed by atoms with Gasteiger partial charge in [-0.25, -0.2) is 9.97 Å². The SMILES string of the molecule is O=C(CC1CCN(c2ncc(Br)cn2)CC1)N1CCSCC1. The van der Waals surface area contributed by atoms with Crippen LogP contribution < -0.4 is 4.90 Å². The third kappa shape index (κ3) is 4.13. The number of hydrogen-bond donors (Lipinski definition) is 0. The normalized spacial score (nSPS) is 20.2. The summed E-state index contributed by atoms with van der Waals surface area (Å²) in [7, 11) is 0. The zero-order chi connectivity index (χ0) is 15.4. The molecule has 0 radical (unpaired) electrons. The Balaban J connectivity index is 1.47. The van der Waals surface area contributed by atoms with Gasteiger partial charge in [0.2, 0.25) is 11.9 Å². The van der Waals surface area contributed by atoms with Gasteiger partial charge in [-0.2, -0.15) is 11.8 Å². The van der Waals surface area contributed by atoms with Crippen molar-refractivity contribution in [2.45, 2.75) is 19.3 Å². The zero-order valence-corrected chi connectivity index (χ0v) is 15.0. The fourth-order valence-electron chi connectivity index (χ4n) is 2.99. The Morgan fingerprint density at radius 3 is 2.45 bits per heavy atom. The molecule has 0 bridgehead atoms. The molecule has 22 heavy (non-hydrogen) atoms. The third-order valence-electron chi connectivity index (χ3n) is 4.33. The predicted octanol–water partition coefficient (Wildman–Crippen LogP) is 2.42. The molecule has 0 aliphatic carbocycles. The Labute approximate surface area is 144 Å². The first kappa shape index (κ1) is 16.1. The third-order valence-corrected chi connectivity index (χ3v) is 5.68. The van der Waals surface area contributed by atoms with Gasteiger partial charge >= 0.3 is 0 Å². The van der Waals surface area contributed by atoms with Crippen molar-refractivity contribution in [3.63, 3.8) is 0 Å². The van der Waals surface area contributed by atoms with Gasteiger partial charge in [-0.15, -0.1) is 0 Å². The highest BCUT2D eigenvalue weighted by Gasteiger charge is 2.25. The summed E-state index contributed by atoms with van der Waals surface area (Å²) in [4.78, 5) is 25.3. The van der Waals surface area contributed by atoms with Crippen LogP contribution in [0.25, 0.3) is 0 Å². The Bertz CT molecular complexity index is 499. The average Bonchev–Trinajstić information content (AvgIpc) is 2.57. The summed E-state index contributed by atoms with van der Waals surface area (Å²) in [6.45, 7) is 3.73. The molecule has 2 aliphatic heterocycles. The number of anilines is 1. The number of piperidine rings is 1. The molecule has 0 aromatic carbocycles. The van der Waals surface area contributed by atoms with Gasteiger partial charge in [0.25, 0.3) is 0 Å². The van der Waals surface area contributed by atoms with E-state index in [4.69, 9.17) is 0 Å². The largest absolute Gasteiger partial charge is 0.341 e. The van der Waals surface area contributed by atoms with E-state index in [1.807, 2.05) is 16.7 Å². The van der Waals surface area contributed by atoms with Crippen LogP contribution in [0.3, 0.4) is 0 Å². The minimum absolute atomic E-state index is 0.346. The first-order valence-electron chi connectivity index (χ1n) is 7.80. The summed E-state index contributed by atoms with van der Waals surface area (Å²) < 4.78 is 0.899. The number of carbonyl (C=O) groups is 1. The molecule has 2 saturated heterocycles. The number of nitrogens with zero attached hydrogens (tertiary/aromatic N) is 4. The molecule has 0 unspecified atom stereocenters. The van der Waals surface area contributed by atoms with Crippen LogP contribution >= 0.6 is 27.7 Å². The first-order valence-corrected chi connectivity index (χ1v) is 9.75. The monoisotopic (exact) mass is 384 g/mol. The maximum Gasteiger partial charge on any atom is 0.225 e. The van der Waals surface area contributed by atoms with Gasteiger partial charge in [0.1, 0.15) is 0 Å². The average molecular weight is 385 g/mol. The van der Waals surface area contributed by atoms with Gasteiger partial charge in [0.15, 0.2) is 0 Å². The molecule has 1 aromatic heterocycles. The standard InChI is InChI=1S/C15H21BrN4OS/c16-13-10-17-15(18-11-13)20-3-1-12(2-4-20)9-14(21)19-5-7-22-8-6-19/h10-12H,1-9H2. The van der Waals surface area contributed by atoms with Crippen molar-refractivity contribution in [1.82, 2.24) is 14.9 Å². The predicted molar refractivity (Wildman–Crippen MR) is 93.2 cm³/mol. The Morgan fingerprint density at radius 1 is 1.18 bits per heavy atom. The van der Waals surface area contributed by atoms with E-state index >= 15 is 0 Å². The summed E-state index contributed by atoms with van der Waals surface area (Å²) >= 11 is 5.30. The van der Waals surface area contributed by atoms with Crippen molar-refractivity contribution in [2.24, 2.45) is 5.92 Å². The van der Waals surface area contributed by atoms with Gasteiger partial charge < -0.3 is 9.80 Å². The molecule has 7 heteroatoms. The maximum absolute atomic E-state index is 12.3. The second kappa shape index (κ2) is 7.64. The highest BCUT2D eigenvalue weighted by Crippen LogP contribution is 2.24. The second-order valence-electron chi connectivity index (χ2n) is 5.83. The molecule has 3 heterocycles. The van der Waals surface area contributed by atoms with E-state index in [-0.39, 0.29) is 0 Å². The van der Waals surface area contributed by atoms with Crippen LogP contribution in [0.1, 0.15) is 19.3 Å². The van der Waals surface area contributed by atoms with Crippen LogP contribution in [0.4, 0.5) is 5.95 Å². The van der Waals surface area contributed by atoms with E-state index in [1.54, 1.807) is 12.4 Å². The van der Waals surface area contributed by atoms with E-state index in [1.165, 1.54) is 0 Å². The van der Waals surface area contributed by atoms with Crippen LogP contribution in [-0.4, -0.2) is 58.5 Å². The number of amides is 1. The molecule has 1 aromatic rings. The van der Waals surface area contributed by atoms with Crippen LogP contribution in [-0.2, 0) is 4.79 Å². The quantitative estimate of drug-likeness (QED) is 0.800. The molecule has 5 nitrogen and oxygen atoms in total. The number of hydrogen-bond acceptors (Lipinski definition) is 5. The Morgan fingerprint density at radius 2 is 1.82 bits per heavy atom. The van der Waals surface area contributed by atoms with Crippen LogP contribution in [0.5, 0.6) is 0 Å². The fraction of sp³-hybridized carbons (Fsp3) is 0.667. The van der Waals surface area contributed by atoms with Gasteiger partial charge in [0, 0.05) is 56.5 Å². The molecule has 2 aliphatic rings. The van der Waals surface area contributed by atoms with Crippen molar-refractivity contribution in [1.29, 1.82) is 0 Å². The van der Waals surface area contributed by atoms with Crippen molar-refractivity contribution >= 4 is 39.5 Å². The highest BCUT2D eigenvalue weighted by molar-refractivity contribution is 9.10. The van der Waals surface area contributed by atoms with Crippen molar-refractivity contribution in [3.8, 4) is 0 Å². The van der Waals surface area contributed by atoms with Gasteiger partial charge in [-0.05, 0) is 34.7 Å². The summed E-state index contributed by atoms with van der Waals surface area (Å²) in [5.41, 5.74) is 0. The number of thioether (sulfide) groups is 1. The molecule has 3 rings (SSSR count). The lowest BCUT2D eigenvalue weighted by atomic mass is 9.93.